The summed E-state index contributed by atoms with van der Waals surface area (Å²) in [6.45, 7) is 22.1. The minimum atomic E-state index is -0.713. The molecular weight excluding hydrogens is 358 g/mol. The van der Waals surface area contributed by atoms with E-state index in [1.807, 2.05) is 59.7 Å². The Morgan fingerprint density at radius 3 is 2.07 bits per heavy atom. The van der Waals surface area contributed by atoms with E-state index in [0.29, 0.717) is 18.5 Å². The highest BCUT2D eigenvalue weighted by Crippen LogP contribution is 2.24. The summed E-state index contributed by atoms with van der Waals surface area (Å²) in [5.74, 6) is -0.315. The molecule has 1 heterocycles. The maximum Gasteiger partial charge on any atom is 0.243 e. The number of benzene rings is 1. The first-order valence-corrected chi connectivity index (χ1v) is 10.9. The summed E-state index contributed by atoms with van der Waals surface area (Å²) in [5, 5.41) is 3.22. The van der Waals surface area contributed by atoms with Crippen LogP contribution in [0, 0.1) is 0 Å². The first kappa shape index (κ1) is 28.9. The van der Waals surface area contributed by atoms with Gasteiger partial charge in [-0.25, -0.2) is 0 Å². The van der Waals surface area contributed by atoms with Gasteiger partial charge in [0, 0.05) is 25.3 Å². The first-order valence-electron chi connectivity index (χ1n) is 10.9. The Morgan fingerprint density at radius 2 is 1.62 bits per heavy atom. The molecule has 1 aromatic rings. The molecular formula is C25H43N3O. The van der Waals surface area contributed by atoms with Crippen molar-refractivity contribution in [2.45, 2.75) is 66.5 Å². The molecule has 0 radical (unpaired) electrons. The van der Waals surface area contributed by atoms with Gasteiger partial charge in [-0.05, 0) is 24.5 Å². The summed E-state index contributed by atoms with van der Waals surface area (Å²) in [7, 11) is 0. The zero-order valence-electron chi connectivity index (χ0n) is 19.5. The molecule has 1 aliphatic heterocycles. The lowest BCUT2D eigenvalue weighted by Gasteiger charge is -2.41. The van der Waals surface area contributed by atoms with Crippen LogP contribution in [0.1, 0.15) is 59.9 Å². The number of nitrogens with two attached hydrogens (primary N) is 1. The second kappa shape index (κ2) is 17.7. The summed E-state index contributed by atoms with van der Waals surface area (Å²) >= 11 is 0. The number of piperidine rings is 1. The van der Waals surface area contributed by atoms with Crippen LogP contribution in [0.2, 0.25) is 0 Å². The van der Waals surface area contributed by atoms with Crippen molar-refractivity contribution in [2.75, 3.05) is 13.1 Å². The monoisotopic (exact) mass is 401 g/mol. The smallest absolute Gasteiger partial charge is 0.243 e. The topological polar surface area (TPSA) is 58.4 Å². The van der Waals surface area contributed by atoms with Crippen molar-refractivity contribution in [1.29, 1.82) is 0 Å². The van der Waals surface area contributed by atoms with Crippen LogP contribution in [-0.2, 0) is 11.3 Å². The van der Waals surface area contributed by atoms with Crippen molar-refractivity contribution in [3.05, 3.63) is 73.0 Å². The van der Waals surface area contributed by atoms with Gasteiger partial charge in [0.2, 0.25) is 5.91 Å². The zero-order chi connectivity index (χ0) is 22.7. The standard InChI is InChI=1S/C19H25N3O.3C2H6/c1-3-4-8-16(2)21-19(18(20)23)11-13-22(14-12-19)15-17-9-6-5-7-10-17;3*1-2/h3-10,21H,1-2,11-15H2,(H2,20,23);3*1-2H3/b8-4-;;;. The molecule has 4 heteroatoms. The molecule has 0 bridgehead atoms. The highest BCUT2D eigenvalue weighted by Gasteiger charge is 2.39. The van der Waals surface area contributed by atoms with E-state index in [1.165, 1.54) is 5.56 Å². The van der Waals surface area contributed by atoms with Crippen LogP contribution in [0.15, 0.2) is 67.4 Å². The number of primary amides is 1. The first-order chi connectivity index (χ1) is 14.1. The van der Waals surface area contributed by atoms with Gasteiger partial charge in [-0.2, -0.15) is 0 Å². The van der Waals surface area contributed by atoms with Crippen LogP contribution < -0.4 is 11.1 Å². The predicted octanol–water partition coefficient (Wildman–Crippen LogP) is 5.43. The molecule has 164 valence electrons. The molecule has 0 saturated carbocycles. The van der Waals surface area contributed by atoms with E-state index in [0.717, 1.165) is 19.6 Å². The fourth-order valence-corrected chi connectivity index (χ4v) is 2.90. The second-order valence-corrected chi connectivity index (χ2v) is 5.95. The van der Waals surface area contributed by atoms with Crippen LogP contribution in [0.4, 0.5) is 0 Å². The normalized spacial score (nSPS) is 14.7. The van der Waals surface area contributed by atoms with E-state index in [-0.39, 0.29) is 5.91 Å². The van der Waals surface area contributed by atoms with Crippen LogP contribution in [-0.4, -0.2) is 29.4 Å². The molecule has 1 aromatic carbocycles. The number of nitrogens with one attached hydrogen (secondary N) is 1. The Bertz CT molecular complexity index is 585. The van der Waals surface area contributed by atoms with E-state index >= 15 is 0 Å². The van der Waals surface area contributed by atoms with E-state index < -0.39 is 5.54 Å². The molecule has 0 aromatic heterocycles. The third kappa shape index (κ3) is 10.7. The van der Waals surface area contributed by atoms with Crippen molar-refractivity contribution >= 4 is 5.91 Å². The molecule has 1 saturated heterocycles. The molecule has 1 aliphatic rings. The summed E-state index contributed by atoms with van der Waals surface area (Å²) in [5.41, 5.74) is 6.92. The number of allylic oxidation sites excluding steroid dienone is 3. The van der Waals surface area contributed by atoms with Crippen molar-refractivity contribution < 1.29 is 4.79 Å². The highest BCUT2D eigenvalue weighted by molar-refractivity contribution is 5.85. The number of rotatable bonds is 7. The van der Waals surface area contributed by atoms with Gasteiger partial charge in [-0.1, -0.05) is 97.2 Å². The number of likely N-dealkylation sites (tertiary alicyclic amines) is 1. The van der Waals surface area contributed by atoms with Crippen molar-refractivity contribution in [3.8, 4) is 0 Å². The summed E-state index contributed by atoms with van der Waals surface area (Å²) < 4.78 is 0. The van der Waals surface area contributed by atoms with Gasteiger partial charge >= 0.3 is 0 Å². The minimum Gasteiger partial charge on any atom is -0.372 e. The molecule has 0 spiro atoms. The van der Waals surface area contributed by atoms with Gasteiger partial charge in [-0.15, -0.1) is 0 Å². The summed E-state index contributed by atoms with van der Waals surface area (Å²) in [4.78, 5) is 14.4. The predicted molar refractivity (Wildman–Crippen MR) is 129 cm³/mol. The van der Waals surface area contributed by atoms with E-state index in [9.17, 15) is 4.79 Å². The third-order valence-corrected chi connectivity index (χ3v) is 4.26. The number of nitrogens with zero attached hydrogens (tertiary/aromatic N) is 1. The van der Waals surface area contributed by atoms with Crippen molar-refractivity contribution in [3.63, 3.8) is 0 Å². The number of hydrogen-bond donors (Lipinski definition) is 2. The van der Waals surface area contributed by atoms with E-state index in [1.54, 1.807) is 18.2 Å². The molecule has 0 aliphatic carbocycles. The maximum atomic E-state index is 12.0. The number of hydrogen-bond acceptors (Lipinski definition) is 3. The molecule has 3 N–H and O–H groups in total. The number of carbonyl (C=O) groups is 1. The Kier molecular flexibility index (Phi) is 17.7. The quantitative estimate of drug-likeness (QED) is 0.599. The SMILES string of the molecule is C=C/C=C\C(=C)NC1(C(N)=O)CCN(Cc2ccccc2)CC1.CC.CC.CC. The van der Waals surface area contributed by atoms with Crippen molar-refractivity contribution in [2.24, 2.45) is 5.73 Å². The highest BCUT2D eigenvalue weighted by atomic mass is 16.1. The third-order valence-electron chi connectivity index (χ3n) is 4.26. The Hall–Kier alpha value is -2.33. The lowest BCUT2D eigenvalue weighted by molar-refractivity contribution is -0.126. The Morgan fingerprint density at radius 1 is 1.10 bits per heavy atom. The largest absolute Gasteiger partial charge is 0.372 e. The van der Waals surface area contributed by atoms with Crippen LogP contribution in [0.25, 0.3) is 0 Å². The second-order valence-electron chi connectivity index (χ2n) is 5.95. The Balaban J connectivity index is 0. The lowest BCUT2D eigenvalue weighted by atomic mass is 9.86. The van der Waals surface area contributed by atoms with E-state index in [2.05, 4.69) is 35.5 Å². The van der Waals surface area contributed by atoms with Crippen LogP contribution >= 0.6 is 0 Å². The molecule has 1 amide bonds. The molecule has 1 fully saturated rings. The molecule has 0 unspecified atom stereocenters. The van der Waals surface area contributed by atoms with Crippen LogP contribution in [0.5, 0.6) is 0 Å². The fourth-order valence-electron chi connectivity index (χ4n) is 2.90. The van der Waals surface area contributed by atoms with E-state index in [4.69, 9.17) is 5.73 Å². The van der Waals surface area contributed by atoms with Gasteiger partial charge in [0.05, 0.1) is 0 Å². The van der Waals surface area contributed by atoms with Gasteiger partial charge in [0.1, 0.15) is 5.54 Å². The van der Waals surface area contributed by atoms with Gasteiger partial charge in [0.25, 0.3) is 0 Å². The molecule has 0 atom stereocenters. The number of carbonyl (C=O) groups excluding carboxylic acids is 1. The summed E-state index contributed by atoms with van der Waals surface area (Å²) in [6, 6.07) is 10.4. The molecule has 29 heavy (non-hydrogen) atoms. The molecule has 4 nitrogen and oxygen atoms in total. The zero-order valence-corrected chi connectivity index (χ0v) is 19.5. The van der Waals surface area contributed by atoms with Gasteiger partial charge in [0.15, 0.2) is 0 Å². The summed E-state index contributed by atoms with van der Waals surface area (Å²) in [6.07, 6.45) is 6.61. The van der Waals surface area contributed by atoms with Crippen molar-refractivity contribution in [1.82, 2.24) is 10.2 Å². The Labute approximate surface area is 179 Å². The minimum absolute atomic E-state index is 0.315. The van der Waals surface area contributed by atoms with Crippen LogP contribution in [0.3, 0.4) is 0 Å². The molecule has 2 rings (SSSR count). The fraction of sp³-hybridized carbons (Fsp3) is 0.480. The average Bonchev–Trinajstić information content (AvgIpc) is 2.78. The lowest BCUT2D eigenvalue weighted by Crippen LogP contribution is -2.60. The number of amides is 1. The average molecular weight is 402 g/mol. The van der Waals surface area contributed by atoms with Gasteiger partial charge in [-0.3, -0.25) is 9.69 Å². The van der Waals surface area contributed by atoms with Gasteiger partial charge < -0.3 is 11.1 Å². The maximum absolute atomic E-state index is 12.0.